The molecule has 1 saturated carbocycles. The third-order valence-electron chi connectivity index (χ3n) is 3.84. The first-order valence-corrected chi connectivity index (χ1v) is 7.90. The van der Waals surface area contributed by atoms with Crippen molar-refractivity contribution in [2.24, 2.45) is 4.99 Å². The molecule has 0 aromatic heterocycles. The quantitative estimate of drug-likeness (QED) is 0.414. The van der Waals surface area contributed by atoms with E-state index in [0.717, 1.165) is 18.4 Å². The van der Waals surface area contributed by atoms with Gasteiger partial charge in [0.15, 0.2) is 5.96 Å². The normalized spacial score (nSPS) is 15.3. The van der Waals surface area contributed by atoms with Gasteiger partial charge in [0.25, 0.3) is 0 Å². The van der Waals surface area contributed by atoms with Crippen LogP contribution in [0.3, 0.4) is 0 Å². The van der Waals surface area contributed by atoms with Gasteiger partial charge in [-0.05, 0) is 43.9 Å². The zero-order chi connectivity index (χ0) is 17.0. The van der Waals surface area contributed by atoms with Gasteiger partial charge >= 0.3 is 0 Å². The first kappa shape index (κ1) is 20.7. The van der Waals surface area contributed by atoms with Crippen LogP contribution in [0.1, 0.15) is 36.9 Å². The molecule has 7 heteroatoms. The Balaban J connectivity index is 0.00000288. The number of nitrogens with one attached hydrogen (secondary N) is 2. The van der Waals surface area contributed by atoms with Crippen LogP contribution in [0.15, 0.2) is 23.2 Å². The molecule has 1 aliphatic rings. The number of hydrogen-bond acceptors (Lipinski definition) is 2. The summed E-state index contributed by atoms with van der Waals surface area (Å²) in [5.41, 5.74) is 1.47. The first-order chi connectivity index (χ1) is 10.9. The van der Waals surface area contributed by atoms with Gasteiger partial charge in [0, 0.05) is 20.1 Å². The second kappa shape index (κ2) is 9.19. The van der Waals surface area contributed by atoms with Crippen molar-refractivity contribution in [3.8, 4) is 0 Å². The van der Waals surface area contributed by atoms with Crippen molar-refractivity contribution < 1.29 is 9.18 Å². The number of aliphatic imine (C=N–C) groups is 1. The van der Waals surface area contributed by atoms with Gasteiger partial charge in [0.1, 0.15) is 12.4 Å². The van der Waals surface area contributed by atoms with Gasteiger partial charge in [-0.15, -0.1) is 24.0 Å². The van der Waals surface area contributed by atoms with Crippen LogP contribution in [0.25, 0.3) is 0 Å². The van der Waals surface area contributed by atoms with E-state index in [1.54, 1.807) is 27.1 Å². The monoisotopic (exact) mass is 448 g/mol. The Kier molecular flexibility index (Phi) is 7.92. The highest BCUT2D eigenvalue weighted by Gasteiger charge is 2.23. The smallest absolute Gasteiger partial charge is 0.243 e. The summed E-state index contributed by atoms with van der Waals surface area (Å²) in [6, 6.07) is 5.51. The number of nitrogens with zero attached hydrogens (tertiary/aromatic N) is 2. The van der Waals surface area contributed by atoms with Gasteiger partial charge in [0.05, 0.1) is 6.04 Å². The predicted molar refractivity (Wildman–Crippen MR) is 105 cm³/mol. The third kappa shape index (κ3) is 6.26. The molecule has 0 aliphatic heterocycles. The van der Waals surface area contributed by atoms with Crippen LogP contribution in [0, 0.1) is 12.7 Å². The summed E-state index contributed by atoms with van der Waals surface area (Å²) in [7, 11) is 3.41. The second-order valence-corrected chi connectivity index (χ2v) is 6.25. The molecule has 134 valence electrons. The van der Waals surface area contributed by atoms with Crippen LogP contribution < -0.4 is 10.6 Å². The first-order valence-electron chi connectivity index (χ1n) is 7.90. The third-order valence-corrected chi connectivity index (χ3v) is 3.84. The Morgan fingerprint density at radius 1 is 1.42 bits per heavy atom. The number of amides is 1. The van der Waals surface area contributed by atoms with E-state index in [2.05, 4.69) is 15.6 Å². The Hall–Kier alpha value is -1.38. The van der Waals surface area contributed by atoms with E-state index in [-0.39, 0.29) is 48.3 Å². The molecule has 0 spiro atoms. The summed E-state index contributed by atoms with van der Waals surface area (Å²) in [4.78, 5) is 17.6. The molecule has 0 saturated heterocycles. The number of halogens is 2. The number of guanidine groups is 1. The van der Waals surface area contributed by atoms with Crippen molar-refractivity contribution in [2.45, 2.75) is 38.8 Å². The number of rotatable bonds is 5. The van der Waals surface area contributed by atoms with Crippen molar-refractivity contribution >= 4 is 35.8 Å². The van der Waals surface area contributed by atoms with Gasteiger partial charge in [-0.1, -0.05) is 12.1 Å². The minimum absolute atomic E-state index is 0. The highest BCUT2D eigenvalue weighted by atomic mass is 127. The van der Waals surface area contributed by atoms with E-state index in [1.807, 2.05) is 13.0 Å². The minimum atomic E-state index is -0.215. The predicted octanol–water partition coefficient (Wildman–Crippen LogP) is 2.60. The van der Waals surface area contributed by atoms with Crippen molar-refractivity contribution in [3.63, 3.8) is 0 Å². The zero-order valence-electron chi connectivity index (χ0n) is 14.6. The lowest BCUT2D eigenvalue weighted by molar-refractivity contribution is -0.127. The molecular formula is C17H26FIN4O. The average molecular weight is 448 g/mol. The zero-order valence-corrected chi connectivity index (χ0v) is 16.9. The van der Waals surface area contributed by atoms with Crippen LogP contribution in [0.5, 0.6) is 0 Å². The van der Waals surface area contributed by atoms with Gasteiger partial charge in [-0.25, -0.2) is 9.38 Å². The Morgan fingerprint density at radius 2 is 2.08 bits per heavy atom. The topological polar surface area (TPSA) is 56.7 Å². The lowest BCUT2D eigenvalue weighted by Crippen LogP contribution is -2.40. The molecule has 2 N–H and O–H groups in total. The summed E-state index contributed by atoms with van der Waals surface area (Å²) >= 11 is 0. The van der Waals surface area contributed by atoms with E-state index < -0.39 is 0 Å². The van der Waals surface area contributed by atoms with Crippen LogP contribution in [-0.4, -0.2) is 43.4 Å². The van der Waals surface area contributed by atoms with Crippen LogP contribution in [0.2, 0.25) is 0 Å². The largest absolute Gasteiger partial charge is 0.354 e. The molecule has 2 rings (SSSR count). The van der Waals surface area contributed by atoms with Gasteiger partial charge in [-0.3, -0.25) is 4.79 Å². The fourth-order valence-corrected chi connectivity index (χ4v) is 2.01. The molecule has 0 radical (unpaired) electrons. The molecule has 1 unspecified atom stereocenters. The Bertz CT molecular complexity index is 602. The molecule has 1 fully saturated rings. The summed E-state index contributed by atoms with van der Waals surface area (Å²) < 4.78 is 13.7. The molecule has 5 nitrogen and oxygen atoms in total. The molecular weight excluding hydrogens is 422 g/mol. The lowest BCUT2D eigenvalue weighted by atomic mass is 10.1. The molecule has 1 aromatic carbocycles. The standard InChI is InChI=1S/C17H25FN4O.HI/c1-11-5-6-13(9-15(11)18)12(2)20-17(21-14-7-8-14)19-10-16(23)22(3)4;/h5-6,9,12,14H,7-8,10H2,1-4H3,(H2,19,20,21);1H. The Labute approximate surface area is 160 Å². The number of benzene rings is 1. The van der Waals surface area contributed by atoms with E-state index in [4.69, 9.17) is 0 Å². The minimum Gasteiger partial charge on any atom is -0.354 e. The molecule has 24 heavy (non-hydrogen) atoms. The number of aryl methyl sites for hydroxylation is 1. The maximum absolute atomic E-state index is 13.7. The summed E-state index contributed by atoms with van der Waals surface area (Å²) in [5, 5.41) is 6.53. The lowest BCUT2D eigenvalue weighted by Gasteiger charge is -2.19. The van der Waals surface area contributed by atoms with Gasteiger partial charge in [0.2, 0.25) is 5.91 Å². The van der Waals surface area contributed by atoms with Gasteiger partial charge in [-0.2, -0.15) is 0 Å². The molecule has 1 amide bonds. The van der Waals surface area contributed by atoms with E-state index in [0.29, 0.717) is 17.6 Å². The number of carbonyl (C=O) groups excluding carboxylic acids is 1. The summed E-state index contributed by atoms with van der Waals surface area (Å²) in [5.74, 6) is 0.319. The molecule has 0 bridgehead atoms. The van der Waals surface area contributed by atoms with Gasteiger partial charge < -0.3 is 15.5 Å². The maximum atomic E-state index is 13.7. The second-order valence-electron chi connectivity index (χ2n) is 6.25. The average Bonchev–Trinajstić information content (AvgIpc) is 3.30. The van der Waals surface area contributed by atoms with Crippen molar-refractivity contribution in [2.75, 3.05) is 20.6 Å². The Morgan fingerprint density at radius 3 is 2.62 bits per heavy atom. The van der Waals surface area contributed by atoms with E-state index in [9.17, 15) is 9.18 Å². The van der Waals surface area contributed by atoms with Crippen LogP contribution in [-0.2, 0) is 4.79 Å². The number of likely N-dealkylation sites (N-methyl/N-ethyl adjacent to an activating group) is 1. The molecule has 1 aliphatic carbocycles. The number of hydrogen-bond donors (Lipinski definition) is 2. The summed E-state index contributed by atoms with van der Waals surface area (Å²) in [6.45, 7) is 3.78. The van der Waals surface area contributed by atoms with Crippen LogP contribution in [0.4, 0.5) is 4.39 Å². The van der Waals surface area contributed by atoms with Crippen molar-refractivity contribution in [1.82, 2.24) is 15.5 Å². The van der Waals surface area contributed by atoms with Crippen molar-refractivity contribution in [3.05, 3.63) is 35.1 Å². The van der Waals surface area contributed by atoms with Crippen molar-refractivity contribution in [1.29, 1.82) is 0 Å². The highest BCUT2D eigenvalue weighted by molar-refractivity contribution is 14.0. The SMILES string of the molecule is Cc1ccc(C(C)NC(=NCC(=O)N(C)C)NC2CC2)cc1F.I. The van der Waals surface area contributed by atoms with Crippen LogP contribution >= 0.6 is 24.0 Å². The summed E-state index contributed by atoms with van der Waals surface area (Å²) in [6.07, 6.45) is 2.21. The fraction of sp³-hybridized carbons (Fsp3) is 0.529. The molecule has 1 atom stereocenters. The van der Waals surface area contributed by atoms with E-state index in [1.165, 1.54) is 11.0 Å². The maximum Gasteiger partial charge on any atom is 0.243 e. The van der Waals surface area contributed by atoms with E-state index >= 15 is 0 Å². The highest BCUT2D eigenvalue weighted by Crippen LogP contribution is 2.19. The fourth-order valence-electron chi connectivity index (χ4n) is 2.01. The molecule has 0 heterocycles. The molecule has 1 aromatic rings. The number of carbonyl (C=O) groups is 1.